The molecule has 1 fully saturated rings. The van der Waals surface area contributed by atoms with Crippen molar-refractivity contribution in [3.63, 3.8) is 0 Å². The van der Waals surface area contributed by atoms with E-state index < -0.39 is 29.7 Å². The molecule has 0 bridgehead atoms. The molecule has 2 aliphatic heterocycles. The van der Waals surface area contributed by atoms with E-state index in [-0.39, 0.29) is 30.5 Å². The van der Waals surface area contributed by atoms with Crippen molar-refractivity contribution in [3.8, 4) is 0 Å². The average molecular weight is 399 g/mol. The predicted octanol–water partition coefficient (Wildman–Crippen LogP) is 0.814. The molecule has 4 rings (SSSR count). The molecule has 4 atom stereocenters. The lowest BCUT2D eigenvalue weighted by Gasteiger charge is -2.30. The fourth-order valence-electron chi connectivity index (χ4n) is 4.73. The smallest absolute Gasteiger partial charge is 0.250 e. The largest absolute Gasteiger partial charge is 0.396 e. The van der Waals surface area contributed by atoms with Crippen LogP contribution in [0.2, 0.25) is 0 Å². The molecule has 3 heterocycles. The van der Waals surface area contributed by atoms with Crippen LogP contribution in [0, 0.1) is 17.7 Å². The van der Waals surface area contributed by atoms with Gasteiger partial charge in [-0.05, 0) is 12.1 Å². The van der Waals surface area contributed by atoms with Gasteiger partial charge in [0.25, 0.3) is 5.56 Å². The number of amides is 2. The number of nitrogens with one attached hydrogen (secondary N) is 1. The summed E-state index contributed by atoms with van der Waals surface area (Å²) in [6, 6.07) is 9.66. The molecule has 0 spiro atoms. The summed E-state index contributed by atoms with van der Waals surface area (Å²) in [5, 5.41) is 12.7. The molecule has 29 heavy (non-hydrogen) atoms. The molecule has 1 aromatic carbocycles. The number of halogens is 1. The Bertz CT molecular complexity index is 1020. The number of aliphatic hydroxyl groups excluding tert-OH is 1. The lowest BCUT2D eigenvalue weighted by Crippen LogP contribution is -2.49. The summed E-state index contributed by atoms with van der Waals surface area (Å²) in [6.45, 7) is 1.40. The minimum absolute atomic E-state index is 0.0166. The van der Waals surface area contributed by atoms with Crippen molar-refractivity contribution in [1.82, 2.24) is 14.8 Å². The molecule has 2 aromatic rings. The van der Waals surface area contributed by atoms with E-state index in [1.807, 2.05) is 0 Å². The Balaban J connectivity index is 1.64. The molecule has 2 amide bonds. The van der Waals surface area contributed by atoms with E-state index in [0.717, 1.165) is 0 Å². The molecule has 7 nitrogen and oxygen atoms in total. The van der Waals surface area contributed by atoms with E-state index in [9.17, 15) is 23.9 Å². The summed E-state index contributed by atoms with van der Waals surface area (Å²) >= 11 is 0. The van der Waals surface area contributed by atoms with Gasteiger partial charge in [0.15, 0.2) is 0 Å². The van der Waals surface area contributed by atoms with Crippen LogP contribution in [0.5, 0.6) is 0 Å². The Labute approximate surface area is 166 Å². The summed E-state index contributed by atoms with van der Waals surface area (Å²) in [6.07, 6.45) is 0. The normalized spacial score (nSPS) is 24.9. The zero-order valence-electron chi connectivity index (χ0n) is 15.9. The van der Waals surface area contributed by atoms with Crippen molar-refractivity contribution < 1.29 is 19.1 Å². The zero-order chi connectivity index (χ0) is 20.7. The van der Waals surface area contributed by atoms with Crippen molar-refractivity contribution in [2.45, 2.75) is 32.1 Å². The highest BCUT2D eigenvalue weighted by Crippen LogP contribution is 2.48. The monoisotopic (exact) mass is 399 g/mol. The molecule has 1 aromatic heterocycles. The van der Waals surface area contributed by atoms with Crippen LogP contribution in [0.3, 0.4) is 0 Å². The van der Waals surface area contributed by atoms with Crippen molar-refractivity contribution in [3.05, 3.63) is 69.9 Å². The lowest BCUT2D eigenvalue weighted by molar-refractivity contribution is -0.140. The van der Waals surface area contributed by atoms with Gasteiger partial charge in [-0.25, -0.2) is 4.39 Å². The third-order valence-corrected chi connectivity index (χ3v) is 5.99. The molecular formula is C21H22FN3O4. The second kappa shape index (κ2) is 7.44. The van der Waals surface area contributed by atoms with Crippen molar-refractivity contribution in [1.29, 1.82) is 0 Å². The minimum atomic E-state index is -0.886. The van der Waals surface area contributed by atoms with Crippen molar-refractivity contribution in [2.24, 2.45) is 11.8 Å². The second-order valence-corrected chi connectivity index (χ2v) is 7.53. The standard InChI is InChI=1S/C21H22FN3O4/c1-12(27)25-19-14(10-24-17(19)7-4-8-18(24)28)15(11-26)20(25)21(29)23-9-13-5-2-3-6-16(13)22/h2-8,14-15,19-20,26H,9-11H2,1H3,(H,23,29)/t14-,15-,19+,20-/m1/s1. The molecule has 2 aliphatic rings. The number of carbonyl (C=O) groups is 2. The first-order valence-electron chi connectivity index (χ1n) is 9.54. The highest BCUT2D eigenvalue weighted by Gasteiger charge is 2.56. The van der Waals surface area contributed by atoms with E-state index >= 15 is 0 Å². The average Bonchev–Trinajstić information content (AvgIpc) is 3.22. The number of benzene rings is 1. The number of aromatic nitrogens is 1. The van der Waals surface area contributed by atoms with Crippen LogP contribution in [0.15, 0.2) is 47.3 Å². The Morgan fingerprint density at radius 2 is 1.97 bits per heavy atom. The molecule has 2 N–H and O–H groups in total. The van der Waals surface area contributed by atoms with E-state index in [0.29, 0.717) is 17.8 Å². The van der Waals surface area contributed by atoms with E-state index in [1.165, 1.54) is 24.0 Å². The van der Waals surface area contributed by atoms with Gasteiger partial charge in [-0.15, -0.1) is 0 Å². The third kappa shape index (κ3) is 3.13. The molecule has 0 aliphatic carbocycles. The van der Waals surface area contributed by atoms with Gasteiger partial charge in [0, 0.05) is 55.8 Å². The molecule has 0 unspecified atom stereocenters. The van der Waals surface area contributed by atoms with Gasteiger partial charge in [-0.1, -0.05) is 24.3 Å². The first kappa shape index (κ1) is 19.3. The molecule has 0 saturated carbocycles. The van der Waals surface area contributed by atoms with E-state index in [1.54, 1.807) is 34.9 Å². The Morgan fingerprint density at radius 3 is 2.66 bits per heavy atom. The lowest BCUT2D eigenvalue weighted by atomic mass is 9.88. The number of hydrogen-bond donors (Lipinski definition) is 2. The van der Waals surface area contributed by atoms with Gasteiger partial charge < -0.3 is 19.9 Å². The summed E-state index contributed by atoms with van der Waals surface area (Å²) in [5.74, 6) is -1.95. The quantitative estimate of drug-likeness (QED) is 0.796. The first-order chi connectivity index (χ1) is 13.9. The Hall–Kier alpha value is -3.00. The number of likely N-dealkylation sites (tertiary alicyclic amines) is 1. The molecule has 8 heteroatoms. The van der Waals surface area contributed by atoms with E-state index in [2.05, 4.69) is 5.32 Å². The summed E-state index contributed by atoms with van der Waals surface area (Å²) in [7, 11) is 0. The summed E-state index contributed by atoms with van der Waals surface area (Å²) in [4.78, 5) is 39.2. The van der Waals surface area contributed by atoms with Gasteiger partial charge in [-0.3, -0.25) is 14.4 Å². The van der Waals surface area contributed by atoms with Gasteiger partial charge in [0.2, 0.25) is 11.8 Å². The maximum atomic E-state index is 13.9. The molecule has 152 valence electrons. The summed E-state index contributed by atoms with van der Waals surface area (Å²) < 4.78 is 15.5. The number of aliphatic hydroxyl groups is 1. The van der Waals surface area contributed by atoms with Gasteiger partial charge >= 0.3 is 0 Å². The molecule has 1 saturated heterocycles. The number of nitrogens with zero attached hydrogens (tertiary/aromatic N) is 2. The number of rotatable bonds is 4. The topological polar surface area (TPSA) is 91.6 Å². The van der Waals surface area contributed by atoms with Crippen LogP contribution >= 0.6 is 0 Å². The van der Waals surface area contributed by atoms with Gasteiger partial charge in [0.05, 0.1) is 6.04 Å². The fraction of sp³-hybridized carbons (Fsp3) is 0.381. The second-order valence-electron chi connectivity index (χ2n) is 7.53. The van der Waals surface area contributed by atoms with Crippen LogP contribution in [0.25, 0.3) is 0 Å². The van der Waals surface area contributed by atoms with Crippen LogP contribution in [0.1, 0.15) is 24.2 Å². The predicted molar refractivity (Wildman–Crippen MR) is 102 cm³/mol. The van der Waals surface area contributed by atoms with Crippen molar-refractivity contribution in [2.75, 3.05) is 6.61 Å². The van der Waals surface area contributed by atoms with Crippen LogP contribution in [0.4, 0.5) is 4.39 Å². The zero-order valence-corrected chi connectivity index (χ0v) is 15.9. The SMILES string of the molecule is CC(=O)N1[C@@H]2c3cccc(=O)n3C[C@@H]2[C@@H](CO)[C@@H]1C(=O)NCc1ccccc1F. The molecule has 0 radical (unpaired) electrons. The number of pyridine rings is 1. The Kier molecular flexibility index (Phi) is 4.96. The first-order valence-corrected chi connectivity index (χ1v) is 9.54. The number of fused-ring (bicyclic) bond motifs is 3. The third-order valence-electron chi connectivity index (χ3n) is 5.99. The number of hydrogen-bond acceptors (Lipinski definition) is 4. The maximum Gasteiger partial charge on any atom is 0.250 e. The van der Waals surface area contributed by atoms with Crippen LogP contribution < -0.4 is 10.9 Å². The fourth-order valence-corrected chi connectivity index (χ4v) is 4.73. The summed E-state index contributed by atoms with van der Waals surface area (Å²) in [5.41, 5.74) is 0.837. The van der Waals surface area contributed by atoms with Gasteiger partial charge in [-0.2, -0.15) is 0 Å². The van der Waals surface area contributed by atoms with E-state index in [4.69, 9.17) is 0 Å². The Morgan fingerprint density at radius 1 is 1.21 bits per heavy atom. The van der Waals surface area contributed by atoms with Gasteiger partial charge in [0.1, 0.15) is 11.9 Å². The number of carbonyl (C=O) groups excluding carboxylic acids is 2. The maximum absolute atomic E-state index is 13.9. The van der Waals surface area contributed by atoms with Crippen LogP contribution in [-0.4, -0.2) is 39.0 Å². The van der Waals surface area contributed by atoms with Crippen LogP contribution in [-0.2, 0) is 22.7 Å². The minimum Gasteiger partial charge on any atom is -0.396 e. The highest BCUT2D eigenvalue weighted by molar-refractivity contribution is 5.88. The highest BCUT2D eigenvalue weighted by atomic mass is 19.1. The molecular weight excluding hydrogens is 377 g/mol. The van der Waals surface area contributed by atoms with Crippen molar-refractivity contribution >= 4 is 11.8 Å².